The minimum atomic E-state index is -0.296. The molecule has 0 aliphatic carbocycles. The van der Waals surface area contributed by atoms with Crippen LogP contribution < -0.4 is 11.5 Å². The molecular weight excluding hydrogens is 242 g/mol. The van der Waals surface area contributed by atoms with Gasteiger partial charge in [0.25, 0.3) is 0 Å². The SMILES string of the molecule is N#Cc1cccc2c1nc(N)n2CCCCC(N)=O. The van der Waals surface area contributed by atoms with Gasteiger partial charge in [-0.1, -0.05) is 6.07 Å². The first-order valence-corrected chi connectivity index (χ1v) is 6.06. The van der Waals surface area contributed by atoms with Crippen molar-refractivity contribution >= 4 is 22.9 Å². The number of carbonyl (C=O) groups is 1. The monoisotopic (exact) mass is 257 g/mol. The minimum absolute atomic E-state index is 0.296. The first-order chi connectivity index (χ1) is 9.13. The van der Waals surface area contributed by atoms with Gasteiger partial charge in [-0.05, 0) is 25.0 Å². The molecule has 6 heteroatoms. The predicted octanol–water partition coefficient (Wildman–Crippen LogP) is 1.15. The molecule has 1 amide bonds. The van der Waals surface area contributed by atoms with Crippen LogP contribution in [-0.4, -0.2) is 15.5 Å². The van der Waals surface area contributed by atoms with Crippen LogP contribution in [0.4, 0.5) is 5.95 Å². The molecule has 1 aromatic carbocycles. The Hall–Kier alpha value is -2.55. The molecule has 0 saturated heterocycles. The Balaban J connectivity index is 2.21. The van der Waals surface area contributed by atoms with Crippen molar-refractivity contribution < 1.29 is 4.79 Å². The number of aromatic nitrogens is 2. The van der Waals surface area contributed by atoms with Crippen LogP contribution in [0.2, 0.25) is 0 Å². The van der Waals surface area contributed by atoms with Crippen LogP contribution in [0.1, 0.15) is 24.8 Å². The number of nitrogens with zero attached hydrogens (tertiary/aromatic N) is 3. The largest absolute Gasteiger partial charge is 0.370 e. The molecule has 0 spiro atoms. The van der Waals surface area contributed by atoms with E-state index in [9.17, 15) is 4.79 Å². The number of carbonyl (C=O) groups excluding carboxylic acids is 1. The second-order valence-corrected chi connectivity index (χ2v) is 4.33. The lowest BCUT2D eigenvalue weighted by molar-refractivity contribution is -0.118. The lowest BCUT2D eigenvalue weighted by Gasteiger charge is -2.05. The van der Waals surface area contributed by atoms with Crippen LogP contribution in [-0.2, 0) is 11.3 Å². The molecule has 2 aromatic rings. The fourth-order valence-electron chi connectivity index (χ4n) is 2.06. The van der Waals surface area contributed by atoms with Crippen molar-refractivity contribution in [1.82, 2.24) is 9.55 Å². The van der Waals surface area contributed by atoms with Gasteiger partial charge in [0.1, 0.15) is 11.6 Å². The van der Waals surface area contributed by atoms with E-state index < -0.39 is 0 Å². The zero-order valence-electron chi connectivity index (χ0n) is 10.5. The number of para-hydroxylation sites is 1. The summed E-state index contributed by atoms with van der Waals surface area (Å²) in [5.74, 6) is 0.0898. The average molecular weight is 257 g/mol. The number of nitriles is 1. The molecule has 0 atom stereocenters. The topological polar surface area (TPSA) is 111 Å². The van der Waals surface area contributed by atoms with E-state index in [0.29, 0.717) is 36.4 Å². The Morgan fingerprint density at radius 1 is 1.42 bits per heavy atom. The number of rotatable bonds is 5. The fourth-order valence-corrected chi connectivity index (χ4v) is 2.06. The molecule has 0 fully saturated rings. The van der Waals surface area contributed by atoms with E-state index in [1.165, 1.54) is 0 Å². The van der Waals surface area contributed by atoms with Gasteiger partial charge in [0.2, 0.25) is 11.9 Å². The average Bonchev–Trinajstić information content (AvgIpc) is 2.70. The number of primary amides is 1. The highest BCUT2D eigenvalue weighted by atomic mass is 16.1. The quantitative estimate of drug-likeness (QED) is 0.782. The molecule has 0 aliphatic heterocycles. The Bertz CT molecular complexity index is 653. The van der Waals surface area contributed by atoms with Gasteiger partial charge < -0.3 is 16.0 Å². The maximum atomic E-state index is 10.7. The molecule has 1 heterocycles. The minimum Gasteiger partial charge on any atom is -0.370 e. The number of unbranched alkanes of at least 4 members (excludes halogenated alkanes) is 1. The Kier molecular flexibility index (Phi) is 3.66. The number of anilines is 1. The second-order valence-electron chi connectivity index (χ2n) is 4.33. The molecule has 6 nitrogen and oxygen atoms in total. The van der Waals surface area contributed by atoms with E-state index in [4.69, 9.17) is 16.7 Å². The molecule has 0 bridgehead atoms. The summed E-state index contributed by atoms with van der Waals surface area (Å²) in [5, 5.41) is 9.02. The highest BCUT2D eigenvalue weighted by Crippen LogP contribution is 2.21. The van der Waals surface area contributed by atoms with Crippen molar-refractivity contribution in [2.75, 3.05) is 5.73 Å². The molecular formula is C13H15N5O. The third-order valence-electron chi connectivity index (χ3n) is 2.98. The first-order valence-electron chi connectivity index (χ1n) is 6.06. The number of aryl methyl sites for hydroxylation is 1. The number of amides is 1. The van der Waals surface area contributed by atoms with Crippen molar-refractivity contribution in [2.45, 2.75) is 25.8 Å². The highest BCUT2D eigenvalue weighted by molar-refractivity contribution is 5.83. The van der Waals surface area contributed by atoms with E-state index in [-0.39, 0.29) is 5.91 Å². The van der Waals surface area contributed by atoms with E-state index in [0.717, 1.165) is 11.9 Å². The fraction of sp³-hybridized carbons (Fsp3) is 0.308. The summed E-state index contributed by atoms with van der Waals surface area (Å²) in [6.07, 6.45) is 1.87. The van der Waals surface area contributed by atoms with Gasteiger partial charge in [-0.25, -0.2) is 4.98 Å². The normalized spacial score (nSPS) is 10.5. The molecule has 19 heavy (non-hydrogen) atoms. The lowest BCUT2D eigenvalue weighted by Crippen LogP contribution is -2.10. The summed E-state index contributed by atoms with van der Waals surface area (Å²) in [6.45, 7) is 0.657. The van der Waals surface area contributed by atoms with Crippen molar-refractivity contribution in [3.63, 3.8) is 0 Å². The molecule has 0 saturated carbocycles. The number of nitrogens with two attached hydrogens (primary N) is 2. The molecule has 98 valence electrons. The van der Waals surface area contributed by atoms with Gasteiger partial charge >= 0.3 is 0 Å². The van der Waals surface area contributed by atoms with Gasteiger partial charge in [0.15, 0.2) is 0 Å². The van der Waals surface area contributed by atoms with Gasteiger partial charge in [-0.15, -0.1) is 0 Å². The zero-order chi connectivity index (χ0) is 13.8. The van der Waals surface area contributed by atoms with Gasteiger partial charge in [0.05, 0.1) is 11.1 Å². The Morgan fingerprint density at radius 3 is 2.89 bits per heavy atom. The van der Waals surface area contributed by atoms with E-state index in [2.05, 4.69) is 11.1 Å². The molecule has 0 unspecified atom stereocenters. The van der Waals surface area contributed by atoms with Gasteiger partial charge in [0, 0.05) is 13.0 Å². The summed E-state index contributed by atoms with van der Waals surface area (Å²) in [6, 6.07) is 7.50. The molecule has 0 aliphatic rings. The number of benzene rings is 1. The first kappa shape index (κ1) is 12.9. The molecule has 1 aromatic heterocycles. The standard InChI is InChI=1S/C13H15N5O/c14-8-9-4-3-5-10-12(9)17-13(16)18(10)7-2-1-6-11(15)19/h3-5H,1-2,6-7H2,(H2,15,19)(H2,16,17). The summed E-state index contributed by atoms with van der Waals surface area (Å²) in [5.41, 5.74) is 12.9. The second kappa shape index (κ2) is 5.40. The molecule has 0 radical (unpaired) electrons. The number of imidazole rings is 1. The maximum absolute atomic E-state index is 10.7. The smallest absolute Gasteiger partial charge is 0.217 e. The molecule has 2 rings (SSSR count). The van der Waals surface area contributed by atoms with Crippen LogP contribution in [0.25, 0.3) is 11.0 Å². The van der Waals surface area contributed by atoms with Crippen molar-refractivity contribution in [2.24, 2.45) is 5.73 Å². The predicted molar refractivity (Wildman–Crippen MR) is 71.9 cm³/mol. The van der Waals surface area contributed by atoms with Crippen LogP contribution in [0.5, 0.6) is 0 Å². The van der Waals surface area contributed by atoms with Crippen molar-refractivity contribution in [3.8, 4) is 6.07 Å². The highest BCUT2D eigenvalue weighted by Gasteiger charge is 2.10. The number of hydrogen-bond acceptors (Lipinski definition) is 4. The van der Waals surface area contributed by atoms with Gasteiger partial charge in [-0.2, -0.15) is 5.26 Å². The van der Waals surface area contributed by atoms with Crippen molar-refractivity contribution in [3.05, 3.63) is 23.8 Å². The maximum Gasteiger partial charge on any atom is 0.217 e. The van der Waals surface area contributed by atoms with E-state index >= 15 is 0 Å². The Labute approximate surface area is 110 Å². The zero-order valence-corrected chi connectivity index (χ0v) is 10.5. The van der Waals surface area contributed by atoms with Crippen LogP contribution in [0.3, 0.4) is 0 Å². The number of fused-ring (bicyclic) bond motifs is 1. The number of nitrogen functional groups attached to an aromatic ring is 1. The summed E-state index contributed by atoms with van der Waals surface area (Å²) >= 11 is 0. The van der Waals surface area contributed by atoms with E-state index in [1.807, 2.05) is 16.7 Å². The third kappa shape index (κ3) is 2.65. The van der Waals surface area contributed by atoms with Crippen LogP contribution in [0, 0.1) is 11.3 Å². The van der Waals surface area contributed by atoms with Crippen LogP contribution >= 0.6 is 0 Å². The summed E-state index contributed by atoms with van der Waals surface area (Å²) in [7, 11) is 0. The van der Waals surface area contributed by atoms with Crippen molar-refractivity contribution in [1.29, 1.82) is 5.26 Å². The summed E-state index contributed by atoms with van der Waals surface area (Å²) < 4.78 is 1.86. The lowest BCUT2D eigenvalue weighted by atomic mass is 10.2. The third-order valence-corrected chi connectivity index (χ3v) is 2.98. The number of hydrogen-bond donors (Lipinski definition) is 2. The van der Waals surface area contributed by atoms with Gasteiger partial charge in [-0.3, -0.25) is 4.79 Å². The van der Waals surface area contributed by atoms with E-state index in [1.54, 1.807) is 6.07 Å². The Morgan fingerprint density at radius 2 is 2.21 bits per heavy atom. The van der Waals surface area contributed by atoms with Crippen LogP contribution in [0.15, 0.2) is 18.2 Å². The summed E-state index contributed by atoms with van der Waals surface area (Å²) in [4.78, 5) is 14.9. The molecule has 4 N–H and O–H groups in total.